The number of rotatable bonds is 1. The maximum Gasteiger partial charge on any atom is 0.0950 e. The van der Waals surface area contributed by atoms with Crippen LogP contribution in [0.25, 0.3) is 33.1 Å². The van der Waals surface area contributed by atoms with Crippen molar-refractivity contribution in [1.29, 1.82) is 0 Å². The molecule has 3 N–H and O–H groups in total. The third-order valence-corrected chi connectivity index (χ3v) is 3.59. The number of aromatic nitrogens is 2. The minimum absolute atomic E-state index is 0.761. The highest BCUT2D eigenvalue weighted by molar-refractivity contribution is 6.09. The van der Waals surface area contributed by atoms with Crippen molar-refractivity contribution in [1.82, 2.24) is 9.97 Å². The molecule has 0 saturated heterocycles. The molecule has 4 aromatic rings. The summed E-state index contributed by atoms with van der Waals surface area (Å²) >= 11 is 0. The van der Waals surface area contributed by atoms with Gasteiger partial charge in [0.2, 0.25) is 0 Å². The molecule has 20 heavy (non-hydrogen) atoms. The first-order chi connectivity index (χ1) is 9.83. The molecule has 0 fully saturated rings. The maximum absolute atomic E-state index is 5.76. The van der Waals surface area contributed by atoms with Crippen molar-refractivity contribution in [2.45, 2.75) is 0 Å². The SMILES string of the molecule is Nc1ccc(-c2nc3ccccc3c3cc[nH]c23)cc1. The lowest BCUT2D eigenvalue weighted by molar-refractivity contribution is 1.39. The number of anilines is 1. The van der Waals surface area contributed by atoms with Gasteiger partial charge in [-0.25, -0.2) is 4.98 Å². The molecule has 0 aliphatic carbocycles. The molecule has 2 aromatic heterocycles. The zero-order valence-corrected chi connectivity index (χ0v) is 10.8. The third kappa shape index (κ3) is 1.57. The molecule has 0 bridgehead atoms. The topological polar surface area (TPSA) is 54.7 Å². The molecule has 2 heterocycles. The molecule has 0 aliphatic rings. The maximum atomic E-state index is 5.76. The molecule has 3 nitrogen and oxygen atoms in total. The zero-order valence-electron chi connectivity index (χ0n) is 10.8. The molecule has 0 aliphatic heterocycles. The highest BCUT2D eigenvalue weighted by Crippen LogP contribution is 2.31. The van der Waals surface area contributed by atoms with Crippen LogP contribution in [0.5, 0.6) is 0 Å². The summed E-state index contributed by atoms with van der Waals surface area (Å²) in [6, 6.07) is 18.1. The summed E-state index contributed by atoms with van der Waals surface area (Å²) in [7, 11) is 0. The van der Waals surface area contributed by atoms with Crippen LogP contribution in [0.1, 0.15) is 0 Å². The normalized spacial score (nSPS) is 11.2. The van der Waals surface area contributed by atoms with Crippen LogP contribution in [0.15, 0.2) is 60.8 Å². The van der Waals surface area contributed by atoms with Gasteiger partial charge in [-0.1, -0.05) is 30.3 Å². The molecule has 0 saturated carbocycles. The molecular formula is C17H13N3. The Balaban J connectivity index is 2.11. The Morgan fingerprint density at radius 3 is 2.50 bits per heavy atom. The first-order valence-electron chi connectivity index (χ1n) is 6.55. The zero-order chi connectivity index (χ0) is 13.5. The minimum atomic E-state index is 0.761. The Labute approximate surface area is 116 Å². The number of nitrogens with one attached hydrogen (secondary N) is 1. The van der Waals surface area contributed by atoms with Gasteiger partial charge in [0.25, 0.3) is 0 Å². The Morgan fingerprint density at radius 1 is 0.850 bits per heavy atom. The first-order valence-corrected chi connectivity index (χ1v) is 6.55. The first kappa shape index (κ1) is 11.1. The summed E-state index contributed by atoms with van der Waals surface area (Å²) < 4.78 is 0. The van der Waals surface area contributed by atoms with E-state index in [1.807, 2.05) is 48.7 Å². The molecule has 3 heteroatoms. The minimum Gasteiger partial charge on any atom is -0.399 e. The van der Waals surface area contributed by atoms with Crippen LogP contribution in [0.2, 0.25) is 0 Å². The molecular weight excluding hydrogens is 246 g/mol. The van der Waals surface area contributed by atoms with E-state index >= 15 is 0 Å². The van der Waals surface area contributed by atoms with Gasteiger partial charge in [-0.15, -0.1) is 0 Å². The van der Waals surface area contributed by atoms with Gasteiger partial charge in [0, 0.05) is 28.2 Å². The quantitative estimate of drug-likeness (QED) is 0.508. The lowest BCUT2D eigenvalue weighted by Crippen LogP contribution is -1.89. The monoisotopic (exact) mass is 259 g/mol. The van der Waals surface area contributed by atoms with Gasteiger partial charge < -0.3 is 10.7 Å². The molecule has 0 spiro atoms. The summed E-state index contributed by atoms with van der Waals surface area (Å²) in [4.78, 5) is 8.10. The van der Waals surface area contributed by atoms with Gasteiger partial charge >= 0.3 is 0 Å². The van der Waals surface area contributed by atoms with Crippen molar-refractivity contribution in [3.8, 4) is 11.3 Å². The largest absolute Gasteiger partial charge is 0.399 e. The van der Waals surface area contributed by atoms with E-state index in [1.165, 1.54) is 10.8 Å². The van der Waals surface area contributed by atoms with E-state index < -0.39 is 0 Å². The van der Waals surface area contributed by atoms with Gasteiger partial charge in [-0.3, -0.25) is 0 Å². The van der Waals surface area contributed by atoms with E-state index in [0.717, 1.165) is 28.0 Å². The molecule has 0 atom stereocenters. The lowest BCUT2D eigenvalue weighted by atomic mass is 10.1. The number of hydrogen-bond acceptors (Lipinski definition) is 2. The highest BCUT2D eigenvalue weighted by atomic mass is 14.8. The number of aromatic amines is 1. The van der Waals surface area contributed by atoms with Crippen molar-refractivity contribution in [3.05, 3.63) is 60.8 Å². The van der Waals surface area contributed by atoms with Gasteiger partial charge in [0.1, 0.15) is 0 Å². The van der Waals surface area contributed by atoms with Crippen LogP contribution in [-0.2, 0) is 0 Å². The molecule has 2 aromatic carbocycles. The van der Waals surface area contributed by atoms with Crippen LogP contribution < -0.4 is 5.73 Å². The van der Waals surface area contributed by atoms with Crippen molar-refractivity contribution in [3.63, 3.8) is 0 Å². The fraction of sp³-hybridized carbons (Fsp3) is 0. The molecule has 0 radical (unpaired) electrons. The highest BCUT2D eigenvalue weighted by Gasteiger charge is 2.10. The van der Waals surface area contributed by atoms with E-state index in [4.69, 9.17) is 10.7 Å². The van der Waals surface area contributed by atoms with Crippen LogP contribution in [0.3, 0.4) is 0 Å². The number of para-hydroxylation sites is 1. The second-order valence-corrected chi connectivity index (χ2v) is 4.87. The van der Waals surface area contributed by atoms with Crippen molar-refractivity contribution >= 4 is 27.5 Å². The number of benzene rings is 2. The number of nitrogens with zero attached hydrogens (tertiary/aromatic N) is 1. The average molecular weight is 259 g/mol. The third-order valence-electron chi connectivity index (χ3n) is 3.59. The van der Waals surface area contributed by atoms with Crippen LogP contribution in [0, 0.1) is 0 Å². The number of hydrogen-bond donors (Lipinski definition) is 2. The summed E-state index contributed by atoms with van der Waals surface area (Å²) in [5.74, 6) is 0. The smallest absolute Gasteiger partial charge is 0.0950 e. The Hall–Kier alpha value is -2.81. The predicted molar refractivity (Wildman–Crippen MR) is 83.4 cm³/mol. The molecule has 0 unspecified atom stereocenters. The van der Waals surface area contributed by atoms with Crippen LogP contribution >= 0.6 is 0 Å². The Kier molecular flexibility index (Phi) is 2.27. The van der Waals surface area contributed by atoms with Crippen molar-refractivity contribution in [2.75, 3.05) is 5.73 Å². The number of nitrogens with two attached hydrogens (primary N) is 1. The predicted octanol–water partition coefficient (Wildman–Crippen LogP) is 3.97. The van der Waals surface area contributed by atoms with E-state index in [2.05, 4.69) is 17.1 Å². The average Bonchev–Trinajstić information content (AvgIpc) is 2.97. The second-order valence-electron chi connectivity index (χ2n) is 4.87. The Bertz CT molecular complexity index is 904. The van der Waals surface area contributed by atoms with Crippen LogP contribution in [-0.4, -0.2) is 9.97 Å². The standard InChI is InChI=1S/C17H13N3/c18-12-7-5-11(6-8-12)16-17-14(9-10-19-17)13-3-1-2-4-15(13)20-16/h1-10,19H,18H2. The summed E-state index contributed by atoms with van der Waals surface area (Å²) in [5.41, 5.74) is 10.6. The number of pyridine rings is 1. The van der Waals surface area contributed by atoms with Gasteiger partial charge in [-0.05, 0) is 24.3 Å². The molecule has 0 amide bonds. The van der Waals surface area contributed by atoms with E-state index in [1.54, 1.807) is 0 Å². The van der Waals surface area contributed by atoms with Gasteiger partial charge in [0.15, 0.2) is 0 Å². The summed E-state index contributed by atoms with van der Waals surface area (Å²) in [5, 5.41) is 2.37. The van der Waals surface area contributed by atoms with E-state index in [9.17, 15) is 0 Å². The lowest BCUT2D eigenvalue weighted by Gasteiger charge is -2.07. The number of nitrogen functional groups attached to an aromatic ring is 1. The second kappa shape index (κ2) is 4.10. The fourth-order valence-corrected chi connectivity index (χ4v) is 2.61. The number of H-pyrrole nitrogens is 1. The Morgan fingerprint density at radius 2 is 1.65 bits per heavy atom. The van der Waals surface area contributed by atoms with E-state index in [0.29, 0.717) is 0 Å². The van der Waals surface area contributed by atoms with Gasteiger partial charge in [0.05, 0.1) is 16.7 Å². The van der Waals surface area contributed by atoms with Gasteiger partial charge in [-0.2, -0.15) is 0 Å². The summed E-state index contributed by atoms with van der Waals surface area (Å²) in [6.45, 7) is 0. The van der Waals surface area contributed by atoms with Crippen molar-refractivity contribution < 1.29 is 0 Å². The van der Waals surface area contributed by atoms with Crippen LogP contribution in [0.4, 0.5) is 5.69 Å². The molecule has 4 rings (SSSR count). The van der Waals surface area contributed by atoms with E-state index in [-0.39, 0.29) is 0 Å². The number of fused-ring (bicyclic) bond motifs is 3. The fourth-order valence-electron chi connectivity index (χ4n) is 2.61. The van der Waals surface area contributed by atoms with Crippen molar-refractivity contribution in [2.24, 2.45) is 0 Å². The molecule has 96 valence electrons. The summed E-state index contributed by atoms with van der Waals surface area (Å²) in [6.07, 6.45) is 1.96.